The van der Waals surface area contributed by atoms with Gasteiger partial charge in [-0.3, -0.25) is 0 Å². The van der Waals surface area contributed by atoms with Crippen molar-refractivity contribution in [3.63, 3.8) is 0 Å². The van der Waals surface area contributed by atoms with Gasteiger partial charge in [0.05, 0.1) is 10.6 Å². The number of aliphatic hydroxyl groups is 1. The highest BCUT2D eigenvalue weighted by Crippen LogP contribution is 2.24. The lowest BCUT2D eigenvalue weighted by molar-refractivity contribution is 0.197. The molecule has 1 nitrogen and oxygen atoms in total. The molecule has 0 aliphatic heterocycles. The molecule has 0 aliphatic carbocycles. The molecular weight excluding hydrogens is 346 g/mol. The highest BCUT2D eigenvalue weighted by molar-refractivity contribution is 9.10. The summed E-state index contributed by atoms with van der Waals surface area (Å²) >= 11 is 4.47. The van der Waals surface area contributed by atoms with Crippen LogP contribution in [0.4, 0.5) is 8.78 Å². The Bertz CT molecular complexity index is 578. The third kappa shape index (κ3) is 4.04. The first-order chi connectivity index (χ1) is 9.58. The minimum absolute atomic E-state index is 0.0447. The van der Waals surface area contributed by atoms with Gasteiger partial charge in [-0.25, -0.2) is 8.78 Å². The number of benzene rings is 2. The molecule has 0 bridgehead atoms. The zero-order chi connectivity index (χ0) is 14.5. The summed E-state index contributed by atoms with van der Waals surface area (Å²) in [5.74, 6) is -0.890. The molecule has 2 aromatic rings. The molecule has 0 amide bonds. The third-order valence-electron chi connectivity index (χ3n) is 2.76. The summed E-state index contributed by atoms with van der Waals surface area (Å²) < 4.78 is 27.6. The average Bonchev–Trinajstić information content (AvgIpc) is 2.46. The minimum Gasteiger partial charge on any atom is -0.392 e. The molecule has 0 fully saturated rings. The lowest BCUT2D eigenvalue weighted by Crippen LogP contribution is -2.16. The molecule has 1 N–H and O–H groups in total. The number of rotatable bonds is 5. The standard InChI is InChI=1S/C15H13BrF2OS/c16-13-6-7-14(17)12(15(13)18)8-10(19)9-20-11-4-2-1-3-5-11/h1-7,10,19H,8-9H2. The monoisotopic (exact) mass is 358 g/mol. The van der Waals surface area contributed by atoms with Crippen molar-refractivity contribution in [2.45, 2.75) is 17.4 Å². The first-order valence-corrected chi connectivity index (χ1v) is 7.84. The second-order valence-corrected chi connectivity index (χ2v) is 6.25. The van der Waals surface area contributed by atoms with Gasteiger partial charge >= 0.3 is 0 Å². The van der Waals surface area contributed by atoms with E-state index in [-0.39, 0.29) is 16.5 Å². The van der Waals surface area contributed by atoms with Gasteiger partial charge in [0, 0.05) is 22.6 Å². The van der Waals surface area contributed by atoms with E-state index in [4.69, 9.17) is 0 Å². The van der Waals surface area contributed by atoms with E-state index in [0.29, 0.717) is 5.75 Å². The van der Waals surface area contributed by atoms with E-state index in [1.807, 2.05) is 30.3 Å². The maximum Gasteiger partial charge on any atom is 0.143 e. The van der Waals surface area contributed by atoms with Crippen molar-refractivity contribution in [3.05, 3.63) is 64.1 Å². The molecule has 5 heteroatoms. The van der Waals surface area contributed by atoms with Crippen molar-refractivity contribution < 1.29 is 13.9 Å². The summed E-state index contributed by atoms with van der Waals surface area (Å²) in [6.45, 7) is 0. The molecule has 1 atom stereocenters. The van der Waals surface area contributed by atoms with Crippen LogP contribution < -0.4 is 0 Å². The highest BCUT2D eigenvalue weighted by Gasteiger charge is 2.16. The van der Waals surface area contributed by atoms with E-state index in [0.717, 1.165) is 4.90 Å². The molecule has 20 heavy (non-hydrogen) atoms. The van der Waals surface area contributed by atoms with Gasteiger partial charge in [-0.05, 0) is 40.2 Å². The van der Waals surface area contributed by atoms with Crippen LogP contribution in [-0.2, 0) is 6.42 Å². The maximum atomic E-state index is 13.8. The van der Waals surface area contributed by atoms with Crippen LogP contribution in [0.1, 0.15) is 5.56 Å². The van der Waals surface area contributed by atoms with Gasteiger partial charge in [0.15, 0.2) is 0 Å². The van der Waals surface area contributed by atoms with Gasteiger partial charge in [-0.15, -0.1) is 11.8 Å². The Morgan fingerprint density at radius 2 is 1.80 bits per heavy atom. The van der Waals surface area contributed by atoms with E-state index in [2.05, 4.69) is 15.9 Å². The van der Waals surface area contributed by atoms with E-state index in [1.165, 1.54) is 23.9 Å². The molecule has 0 heterocycles. The molecule has 0 aromatic heterocycles. The van der Waals surface area contributed by atoms with Crippen molar-refractivity contribution in [2.24, 2.45) is 0 Å². The molecule has 106 valence electrons. The fraction of sp³-hybridized carbons (Fsp3) is 0.200. The van der Waals surface area contributed by atoms with Gasteiger partial charge in [0.25, 0.3) is 0 Å². The van der Waals surface area contributed by atoms with E-state index < -0.39 is 17.7 Å². The summed E-state index contributed by atoms with van der Waals surface area (Å²) in [4.78, 5) is 1.02. The largest absolute Gasteiger partial charge is 0.392 e. The zero-order valence-electron chi connectivity index (χ0n) is 10.5. The zero-order valence-corrected chi connectivity index (χ0v) is 12.9. The molecule has 2 aromatic carbocycles. The summed E-state index contributed by atoms with van der Waals surface area (Å²) in [5.41, 5.74) is -0.0828. The smallest absolute Gasteiger partial charge is 0.143 e. The fourth-order valence-corrected chi connectivity index (χ4v) is 2.98. The van der Waals surface area contributed by atoms with Crippen molar-refractivity contribution >= 4 is 27.7 Å². The van der Waals surface area contributed by atoms with Gasteiger partial charge in [0.2, 0.25) is 0 Å². The van der Waals surface area contributed by atoms with Gasteiger partial charge in [-0.1, -0.05) is 18.2 Å². The molecule has 0 spiro atoms. The van der Waals surface area contributed by atoms with Gasteiger partial charge in [0.1, 0.15) is 11.6 Å². The number of hydrogen-bond acceptors (Lipinski definition) is 2. The first-order valence-electron chi connectivity index (χ1n) is 6.06. The Hall–Kier alpha value is -0.910. The van der Waals surface area contributed by atoms with E-state index in [9.17, 15) is 13.9 Å². The number of halogens is 3. The quantitative estimate of drug-likeness (QED) is 0.630. The Morgan fingerprint density at radius 1 is 1.10 bits per heavy atom. The van der Waals surface area contributed by atoms with Gasteiger partial charge in [-0.2, -0.15) is 0 Å². The SMILES string of the molecule is OC(CSc1ccccc1)Cc1c(F)ccc(Br)c1F. The highest BCUT2D eigenvalue weighted by atomic mass is 79.9. The third-order valence-corrected chi connectivity index (χ3v) is 4.53. The van der Waals surface area contributed by atoms with Crippen LogP contribution >= 0.6 is 27.7 Å². The number of aliphatic hydroxyl groups excluding tert-OH is 1. The average molecular weight is 359 g/mol. The van der Waals surface area contributed by atoms with E-state index >= 15 is 0 Å². The predicted molar refractivity (Wildman–Crippen MR) is 80.9 cm³/mol. The summed E-state index contributed by atoms with van der Waals surface area (Å²) in [6, 6.07) is 12.1. The Balaban J connectivity index is 1.98. The minimum atomic E-state index is -0.807. The van der Waals surface area contributed by atoms with Crippen LogP contribution in [-0.4, -0.2) is 17.0 Å². The molecule has 0 saturated carbocycles. The van der Waals surface area contributed by atoms with Crippen LogP contribution in [0.25, 0.3) is 0 Å². The first kappa shape index (κ1) is 15.5. The predicted octanol–water partition coefficient (Wildman–Crippen LogP) is 4.42. The Morgan fingerprint density at radius 3 is 2.50 bits per heavy atom. The molecule has 2 rings (SSSR count). The van der Waals surface area contributed by atoms with Gasteiger partial charge < -0.3 is 5.11 Å². The second kappa shape index (κ2) is 7.20. The van der Waals surface area contributed by atoms with Crippen molar-refractivity contribution in [1.82, 2.24) is 0 Å². The molecule has 0 aliphatic rings. The van der Waals surface area contributed by atoms with Crippen molar-refractivity contribution in [1.29, 1.82) is 0 Å². The summed E-state index contributed by atoms with van der Waals surface area (Å²) in [7, 11) is 0. The van der Waals surface area contributed by atoms with Crippen LogP contribution in [0.5, 0.6) is 0 Å². The molecule has 0 saturated heterocycles. The Labute approximate surface area is 129 Å². The van der Waals surface area contributed by atoms with Crippen LogP contribution in [0.2, 0.25) is 0 Å². The molecule has 1 unspecified atom stereocenters. The summed E-state index contributed by atoms with van der Waals surface area (Å²) in [5, 5.41) is 9.93. The lowest BCUT2D eigenvalue weighted by atomic mass is 10.1. The van der Waals surface area contributed by atoms with Crippen LogP contribution in [0.15, 0.2) is 51.8 Å². The Kier molecular flexibility index (Phi) is 5.57. The van der Waals surface area contributed by atoms with Crippen molar-refractivity contribution in [3.8, 4) is 0 Å². The number of thioether (sulfide) groups is 1. The molecular formula is C15H13BrF2OS. The lowest BCUT2D eigenvalue weighted by Gasteiger charge is -2.12. The molecule has 0 radical (unpaired) electrons. The van der Waals surface area contributed by atoms with Crippen LogP contribution in [0, 0.1) is 11.6 Å². The fourth-order valence-electron chi connectivity index (χ4n) is 1.76. The number of hydrogen-bond donors (Lipinski definition) is 1. The topological polar surface area (TPSA) is 20.2 Å². The van der Waals surface area contributed by atoms with E-state index in [1.54, 1.807) is 0 Å². The maximum absolute atomic E-state index is 13.8. The second-order valence-electron chi connectivity index (χ2n) is 4.30. The van der Waals surface area contributed by atoms with Crippen molar-refractivity contribution in [2.75, 3.05) is 5.75 Å². The normalized spacial score (nSPS) is 12.4. The van der Waals surface area contributed by atoms with Crippen LogP contribution in [0.3, 0.4) is 0 Å². The summed E-state index contributed by atoms with van der Waals surface area (Å²) in [6.07, 6.45) is -0.852.